The van der Waals surface area contributed by atoms with Gasteiger partial charge < -0.3 is 4.57 Å². The standard InChI is InChI=1S/C19H15ClN2O/c20-16-8-10-17(11-9-16)21-13-18-7-4-12-22(18)14-19(23)15-5-2-1-3-6-15/h1-13H,14H2. The molecule has 0 amide bonds. The van der Waals surface area contributed by atoms with Crippen LogP contribution in [0.1, 0.15) is 16.1 Å². The largest absolute Gasteiger partial charge is 0.339 e. The van der Waals surface area contributed by atoms with Gasteiger partial charge in [0.2, 0.25) is 0 Å². The molecular weight excluding hydrogens is 308 g/mol. The van der Waals surface area contributed by atoms with Gasteiger partial charge in [0, 0.05) is 16.8 Å². The Morgan fingerprint density at radius 3 is 2.48 bits per heavy atom. The summed E-state index contributed by atoms with van der Waals surface area (Å²) in [6, 6.07) is 20.4. The number of benzene rings is 2. The van der Waals surface area contributed by atoms with Gasteiger partial charge in [0.05, 0.1) is 24.1 Å². The van der Waals surface area contributed by atoms with E-state index >= 15 is 0 Å². The Hall–Kier alpha value is -2.65. The summed E-state index contributed by atoms with van der Waals surface area (Å²) in [5.41, 5.74) is 2.41. The first-order valence-electron chi connectivity index (χ1n) is 7.25. The first-order chi connectivity index (χ1) is 11.2. The summed E-state index contributed by atoms with van der Waals surface area (Å²) in [6.45, 7) is 0.291. The Bertz CT molecular complexity index is 820. The van der Waals surface area contributed by atoms with Crippen LogP contribution in [-0.2, 0) is 6.54 Å². The van der Waals surface area contributed by atoms with E-state index in [1.165, 1.54) is 0 Å². The lowest BCUT2D eigenvalue weighted by Crippen LogP contribution is -2.11. The van der Waals surface area contributed by atoms with Gasteiger partial charge in [-0.25, -0.2) is 0 Å². The zero-order valence-corrected chi connectivity index (χ0v) is 13.1. The topological polar surface area (TPSA) is 34.4 Å². The van der Waals surface area contributed by atoms with E-state index in [1.807, 2.05) is 65.4 Å². The smallest absolute Gasteiger partial charge is 0.182 e. The molecule has 23 heavy (non-hydrogen) atoms. The minimum atomic E-state index is 0.0722. The second-order valence-electron chi connectivity index (χ2n) is 5.08. The number of carbonyl (C=O) groups excluding carboxylic acids is 1. The molecule has 3 rings (SSSR count). The Kier molecular flexibility index (Phi) is 4.69. The van der Waals surface area contributed by atoms with Crippen molar-refractivity contribution in [3.8, 4) is 0 Å². The van der Waals surface area contributed by atoms with E-state index in [0.717, 1.165) is 11.4 Å². The van der Waals surface area contributed by atoms with Crippen LogP contribution in [0.2, 0.25) is 5.02 Å². The molecule has 0 spiro atoms. The fourth-order valence-electron chi connectivity index (χ4n) is 2.23. The lowest BCUT2D eigenvalue weighted by Gasteiger charge is -2.05. The van der Waals surface area contributed by atoms with Crippen molar-refractivity contribution in [2.24, 2.45) is 4.99 Å². The Morgan fingerprint density at radius 2 is 1.74 bits per heavy atom. The molecule has 2 aromatic carbocycles. The van der Waals surface area contributed by atoms with Gasteiger partial charge in [0.1, 0.15) is 0 Å². The van der Waals surface area contributed by atoms with Crippen LogP contribution in [0.3, 0.4) is 0 Å². The molecule has 1 aromatic heterocycles. The lowest BCUT2D eigenvalue weighted by atomic mass is 10.1. The van der Waals surface area contributed by atoms with Crippen molar-refractivity contribution in [2.45, 2.75) is 6.54 Å². The number of aromatic nitrogens is 1. The molecule has 0 aliphatic rings. The summed E-state index contributed by atoms with van der Waals surface area (Å²) in [5.74, 6) is 0.0722. The molecule has 0 N–H and O–H groups in total. The molecular formula is C19H15ClN2O. The van der Waals surface area contributed by atoms with Crippen molar-refractivity contribution < 1.29 is 4.79 Å². The van der Waals surface area contributed by atoms with E-state index in [2.05, 4.69) is 4.99 Å². The third-order valence-electron chi connectivity index (χ3n) is 3.45. The molecule has 114 valence electrons. The van der Waals surface area contributed by atoms with Crippen molar-refractivity contribution in [1.29, 1.82) is 0 Å². The van der Waals surface area contributed by atoms with Crippen molar-refractivity contribution in [3.63, 3.8) is 0 Å². The highest BCUT2D eigenvalue weighted by Gasteiger charge is 2.07. The predicted octanol–water partition coefficient (Wildman–Crippen LogP) is 4.78. The third kappa shape index (κ3) is 3.96. The number of ketones is 1. The van der Waals surface area contributed by atoms with Crippen molar-refractivity contribution in [3.05, 3.63) is 89.2 Å². The van der Waals surface area contributed by atoms with Gasteiger partial charge in [-0.1, -0.05) is 41.9 Å². The first-order valence-corrected chi connectivity index (χ1v) is 7.63. The number of carbonyl (C=O) groups is 1. The van der Waals surface area contributed by atoms with Gasteiger partial charge in [-0.15, -0.1) is 0 Å². The van der Waals surface area contributed by atoms with E-state index in [9.17, 15) is 4.79 Å². The molecule has 0 unspecified atom stereocenters. The SMILES string of the molecule is O=C(Cn1cccc1C=Nc1ccc(Cl)cc1)c1ccccc1. The number of aliphatic imine (C=N–C) groups is 1. The highest BCUT2D eigenvalue weighted by molar-refractivity contribution is 6.30. The molecule has 0 saturated heterocycles. The average Bonchev–Trinajstić information content (AvgIpc) is 3.02. The molecule has 0 atom stereocenters. The molecule has 1 heterocycles. The van der Waals surface area contributed by atoms with Crippen molar-refractivity contribution in [2.75, 3.05) is 0 Å². The molecule has 3 nitrogen and oxygen atoms in total. The fourth-order valence-corrected chi connectivity index (χ4v) is 2.35. The van der Waals surface area contributed by atoms with Crippen LogP contribution < -0.4 is 0 Å². The van der Waals surface area contributed by atoms with Crippen LogP contribution in [0.15, 0.2) is 77.9 Å². The Labute approximate surface area is 139 Å². The zero-order chi connectivity index (χ0) is 16.1. The molecule has 0 radical (unpaired) electrons. The van der Waals surface area contributed by atoms with E-state index in [1.54, 1.807) is 18.3 Å². The van der Waals surface area contributed by atoms with E-state index in [0.29, 0.717) is 17.1 Å². The molecule has 0 fully saturated rings. The van der Waals surface area contributed by atoms with Gasteiger partial charge in [-0.05, 0) is 36.4 Å². The molecule has 0 aliphatic heterocycles. The van der Waals surface area contributed by atoms with Crippen LogP contribution in [-0.4, -0.2) is 16.6 Å². The maximum absolute atomic E-state index is 12.3. The molecule has 3 aromatic rings. The summed E-state index contributed by atoms with van der Waals surface area (Å²) in [4.78, 5) is 16.7. The Balaban J connectivity index is 1.74. The van der Waals surface area contributed by atoms with Crippen LogP contribution in [0.25, 0.3) is 0 Å². The summed E-state index contributed by atoms with van der Waals surface area (Å²) in [5, 5.41) is 0.681. The number of halogens is 1. The van der Waals surface area contributed by atoms with Gasteiger partial charge in [-0.2, -0.15) is 0 Å². The summed E-state index contributed by atoms with van der Waals surface area (Å²) in [7, 11) is 0. The average molecular weight is 323 g/mol. The van der Waals surface area contributed by atoms with E-state index in [4.69, 9.17) is 11.6 Å². The number of nitrogens with zero attached hydrogens (tertiary/aromatic N) is 2. The maximum atomic E-state index is 12.3. The monoisotopic (exact) mass is 322 g/mol. The number of Topliss-reactive ketones (excluding diaryl/α,β-unsaturated/α-hetero) is 1. The fraction of sp³-hybridized carbons (Fsp3) is 0.0526. The number of hydrogen-bond acceptors (Lipinski definition) is 2. The van der Waals surface area contributed by atoms with Gasteiger partial charge in [-0.3, -0.25) is 9.79 Å². The van der Waals surface area contributed by atoms with E-state index in [-0.39, 0.29) is 5.78 Å². The van der Waals surface area contributed by atoms with Gasteiger partial charge in [0.25, 0.3) is 0 Å². The summed E-state index contributed by atoms with van der Waals surface area (Å²) < 4.78 is 1.88. The second-order valence-corrected chi connectivity index (χ2v) is 5.52. The zero-order valence-electron chi connectivity index (χ0n) is 12.4. The van der Waals surface area contributed by atoms with Gasteiger partial charge in [0.15, 0.2) is 5.78 Å². The van der Waals surface area contributed by atoms with E-state index < -0.39 is 0 Å². The van der Waals surface area contributed by atoms with Crippen LogP contribution in [0.5, 0.6) is 0 Å². The number of hydrogen-bond donors (Lipinski definition) is 0. The first kappa shape index (κ1) is 15.3. The highest BCUT2D eigenvalue weighted by Crippen LogP contribution is 2.16. The molecule has 0 bridgehead atoms. The highest BCUT2D eigenvalue weighted by atomic mass is 35.5. The van der Waals surface area contributed by atoms with Crippen LogP contribution >= 0.6 is 11.6 Å². The predicted molar refractivity (Wildman–Crippen MR) is 93.9 cm³/mol. The minimum absolute atomic E-state index is 0.0722. The molecule has 4 heteroatoms. The van der Waals surface area contributed by atoms with Crippen molar-refractivity contribution >= 4 is 29.3 Å². The third-order valence-corrected chi connectivity index (χ3v) is 3.70. The van der Waals surface area contributed by atoms with Crippen LogP contribution in [0, 0.1) is 0 Å². The summed E-state index contributed by atoms with van der Waals surface area (Å²) >= 11 is 5.86. The van der Waals surface area contributed by atoms with Crippen LogP contribution in [0.4, 0.5) is 5.69 Å². The second kappa shape index (κ2) is 7.07. The molecule has 0 aliphatic carbocycles. The van der Waals surface area contributed by atoms with Crippen molar-refractivity contribution in [1.82, 2.24) is 4.57 Å². The minimum Gasteiger partial charge on any atom is -0.339 e. The quantitative estimate of drug-likeness (QED) is 0.492. The lowest BCUT2D eigenvalue weighted by molar-refractivity contribution is 0.0972. The van der Waals surface area contributed by atoms with Gasteiger partial charge >= 0.3 is 0 Å². The molecule has 0 saturated carbocycles. The normalized spacial score (nSPS) is 11.0. The summed E-state index contributed by atoms with van der Waals surface area (Å²) in [6.07, 6.45) is 3.63. The Morgan fingerprint density at radius 1 is 1.00 bits per heavy atom. The number of rotatable bonds is 5. The maximum Gasteiger partial charge on any atom is 0.182 e.